The van der Waals surface area contributed by atoms with Gasteiger partial charge in [-0.05, 0) is 12.8 Å². The summed E-state index contributed by atoms with van der Waals surface area (Å²) < 4.78 is 22.5. The second kappa shape index (κ2) is 4.55. The van der Waals surface area contributed by atoms with E-state index in [1.54, 1.807) is 0 Å². The van der Waals surface area contributed by atoms with Gasteiger partial charge in [-0.25, -0.2) is 18.4 Å². The molecule has 1 N–H and O–H groups in total. The van der Waals surface area contributed by atoms with Crippen LogP contribution in [0.2, 0.25) is 5.02 Å². The highest BCUT2D eigenvalue weighted by molar-refractivity contribution is 7.91. The van der Waals surface area contributed by atoms with Crippen molar-refractivity contribution in [1.29, 1.82) is 0 Å². The number of halogens is 1. The lowest BCUT2D eigenvalue weighted by atomic mass is 10.1. The number of nitrogens with one attached hydrogen (secondary N) is 1. The predicted molar refractivity (Wildman–Crippen MR) is 62.3 cm³/mol. The fraction of sp³-hybridized carbons (Fsp3) is 0.556. The van der Waals surface area contributed by atoms with Crippen molar-refractivity contribution < 1.29 is 8.42 Å². The molecule has 0 radical (unpaired) electrons. The highest BCUT2D eigenvalue weighted by Gasteiger charge is 2.23. The van der Waals surface area contributed by atoms with Crippen LogP contribution in [0.15, 0.2) is 12.5 Å². The Hall–Kier alpha value is -0.880. The van der Waals surface area contributed by atoms with Crippen molar-refractivity contribution in [2.75, 3.05) is 16.8 Å². The summed E-state index contributed by atoms with van der Waals surface area (Å²) in [6.45, 7) is 0. The third-order valence-electron chi connectivity index (χ3n) is 2.56. The minimum atomic E-state index is -2.82. The highest BCUT2D eigenvalue weighted by atomic mass is 35.5. The summed E-state index contributed by atoms with van der Waals surface area (Å²) in [5.41, 5.74) is 0. The summed E-state index contributed by atoms with van der Waals surface area (Å²) in [7, 11) is -2.82. The van der Waals surface area contributed by atoms with Crippen LogP contribution in [0.1, 0.15) is 12.8 Å². The first-order valence-electron chi connectivity index (χ1n) is 4.99. The molecule has 7 heteroatoms. The molecule has 0 spiro atoms. The Labute approximate surface area is 99.2 Å². The Kier molecular flexibility index (Phi) is 3.30. The van der Waals surface area contributed by atoms with Gasteiger partial charge in [-0.2, -0.15) is 0 Å². The SMILES string of the molecule is O=S1(=O)CCC(Nc2ncncc2Cl)CC1. The van der Waals surface area contributed by atoms with Crippen molar-refractivity contribution in [1.82, 2.24) is 9.97 Å². The van der Waals surface area contributed by atoms with Crippen molar-refractivity contribution in [2.24, 2.45) is 0 Å². The Morgan fingerprint density at radius 3 is 2.69 bits per heavy atom. The summed E-state index contributed by atoms with van der Waals surface area (Å²) in [6.07, 6.45) is 4.12. The number of aromatic nitrogens is 2. The minimum absolute atomic E-state index is 0.121. The lowest BCUT2D eigenvalue weighted by molar-refractivity contribution is 0.559. The number of rotatable bonds is 2. The Morgan fingerprint density at radius 1 is 1.38 bits per heavy atom. The smallest absolute Gasteiger partial charge is 0.150 e. The molecule has 5 nitrogen and oxygen atoms in total. The van der Waals surface area contributed by atoms with Crippen LogP contribution < -0.4 is 5.32 Å². The van der Waals surface area contributed by atoms with Crippen LogP contribution in [0.5, 0.6) is 0 Å². The van der Waals surface area contributed by atoms with E-state index >= 15 is 0 Å². The van der Waals surface area contributed by atoms with E-state index in [4.69, 9.17) is 11.6 Å². The largest absolute Gasteiger partial charge is 0.366 e. The molecule has 1 aromatic rings. The second-order valence-corrected chi connectivity index (χ2v) is 6.50. The first kappa shape index (κ1) is 11.6. The predicted octanol–water partition coefficient (Wildman–Crippen LogP) is 1.12. The molecule has 0 aromatic carbocycles. The van der Waals surface area contributed by atoms with Gasteiger partial charge in [-0.15, -0.1) is 0 Å². The Balaban J connectivity index is 2.00. The van der Waals surface area contributed by atoms with E-state index in [0.717, 1.165) is 0 Å². The van der Waals surface area contributed by atoms with Gasteiger partial charge in [0.15, 0.2) is 0 Å². The van der Waals surface area contributed by atoms with Gasteiger partial charge in [0.1, 0.15) is 27.0 Å². The second-order valence-electron chi connectivity index (χ2n) is 3.79. The molecule has 1 aromatic heterocycles. The summed E-state index contributed by atoms with van der Waals surface area (Å²) in [4.78, 5) is 7.79. The van der Waals surface area contributed by atoms with E-state index in [9.17, 15) is 8.42 Å². The average molecular weight is 262 g/mol. The molecule has 16 heavy (non-hydrogen) atoms. The topological polar surface area (TPSA) is 72.0 Å². The quantitative estimate of drug-likeness (QED) is 0.864. The molecule has 1 fully saturated rings. The number of hydrogen-bond donors (Lipinski definition) is 1. The zero-order valence-electron chi connectivity index (χ0n) is 8.56. The van der Waals surface area contributed by atoms with Crippen LogP contribution in [0.4, 0.5) is 5.82 Å². The lowest BCUT2D eigenvalue weighted by Crippen LogP contribution is -2.32. The van der Waals surface area contributed by atoms with Crippen LogP contribution in [-0.4, -0.2) is 35.9 Å². The Morgan fingerprint density at radius 2 is 2.06 bits per heavy atom. The maximum absolute atomic E-state index is 11.2. The first-order chi connectivity index (χ1) is 7.57. The molecule has 0 unspecified atom stereocenters. The van der Waals surface area contributed by atoms with Crippen molar-refractivity contribution in [3.05, 3.63) is 17.5 Å². The van der Waals surface area contributed by atoms with Gasteiger partial charge in [0.05, 0.1) is 17.7 Å². The van der Waals surface area contributed by atoms with Crippen molar-refractivity contribution in [3.8, 4) is 0 Å². The molecule has 88 valence electrons. The van der Waals surface area contributed by atoms with Gasteiger partial charge in [0, 0.05) is 6.04 Å². The molecule has 0 amide bonds. The molecular weight excluding hydrogens is 250 g/mol. The molecular formula is C9H12ClN3O2S. The third-order valence-corrected chi connectivity index (χ3v) is 4.56. The fourth-order valence-corrected chi connectivity index (χ4v) is 3.30. The molecule has 0 bridgehead atoms. The standard InChI is InChI=1S/C9H12ClN3O2S/c10-8-5-11-6-12-9(8)13-7-1-3-16(14,15)4-2-7/h5-7H,1-4H2,(H,11,12,13). The van der Waals surface area contributed by atoms with Gasteiger partial charge in [0.25, 0.3) is 0 Å². The van der Waals surface area contributed by atoms with Crippen LogP contribution in [0.25, 0.3) is 0 Å². The lowest BCUT2D eigenvalue weighted by Gasteiger charge is -2.23. The van der Waals surface area contributed by atoms with Crippen LogP contribution in [-0.2, 0) is 9.84 Å². The van der Waals surface area contributed by atoms with Gasteiger partial charge in [-0.3, -0.25) is 0 Å². The molecule has 0 aliphatic carbocycles. The zero-order chi connectivity index (χ0) is 11.6. The maximum Gasteiger partial charge on any atom is 0.150 e. The van der Waals surface area contributed by atoms with Gasteiger partial charge in [-0.1, -0.05) is 11.6 Å². The molecule has 1 aliphatic heterocycles. The summed E-state index contributed by atoms with van der Waals surface area (Å²) in [6, 6.07) is 0.121. The monoisotopic (exact) mass is 261 g/mol. The van der Waals surface area contributed by atoms with E-state index in [2.05, 4.69) is 15.3 Å². The fourth-order valence-electron chi connectivity index (χ4n) is 1.65. The Bertz CT molecular complexity index is 463. The number of anilines is 1. The van der Waals surface area contributed by atoms with Crippen molar-refractivity contribution in [3.63, 3.8) is 0 Å². The van der Waals surface area contributed by atoms with Crippen LogP contribution in [0, 0.1) is 0 Å². The molecule has 2 heterocycles. The van der Waals surface area contributed by atoms with Gasteiger partial charge >= 0.3 is 0 Å². The highest BCUT2D eigenvalue weighted by Crippen LogP contribution is 2.21. The van der Waals surface area contributed by atoms with Crippen molar-refractivity contribution in [2.45, 2.75) is 18.9 Å². The van der Waals surface area contributed by atoms with Crippen LogP contribution in [0.3, 0.4) is 0 Å². The van der Waals surface area contributed by atoms with E-state index in [1.807, 2.05) is 0 Å². The number of sulfone groups is 1. The number of hydrogen-bond acceptors (Lipinski definition) is 5. The van der Waals surface area contributed by atoms with Gasteiger partial charge in [0.2, 0.25) is 0 Å². The average Bonchev–Trinajstić information content (AvgIpc) is 2.24. The summed E-state index contributed by atoms with van der Waals surface area (Å²) >= 11 is 5.89. The van der Waals surface area contributed by atoms with Crippen LogP contribution >= 0.6 is 11.6 Å². The van der Waals surface area contributed by atoms with E-state index in [0.29, 0.717) is 23.7 Å². The van der Waals surface area contributed by atoms with E-state index in [1.165, 1.54) is 12.5 Å². The molecule has 0 saturated carbocycles. The van der Waals surface area contributed by atoms with Crippen molar-refractivity contribution >= 4 is 27.3 Å². The maximum atomic E-state index is 11.2. The normalized spacial score (nSPS) is 20.6. The first-order valence-corrected chi connectivity index (χ1v) is 7.19. The zero-order valence-corrected chi connectivity index (χ0v) is 10.1. The van der Waals surface area contributed by atoms with E-state index in [-0.39, 0.29) is 17.5 Å². The molecule has 0 atom stereocenters. The molecule has 1 saturated heterocycles. The molecule has 2 rings (SSSR count). The minimum Gasteiger partial charge on any atom is -0.366 e. The third kappa shape index (κ3) is 2.82. The molecule has 1 aliphatic rings. The van der Waals surface area contributed by atoms with Gasteiger partial charge < -0.3 is 5.32 Å². The van der Waals surface area contributed by atoms with E-state index < -0.39 is 9.84 Å². The summed E-state index contributed by atoms with van der Waals surface area (Å²) in [5, 5.41) is 3.59. The summed E-state index contributed by atoms with van der Waals surface area (Å²) in [5.74, 6) is 1.03. The number of nitrogens with zero attached hydrogens (tertiary/aromatic N) is 2.